The number of para-hydroxylation sites is 1. The summed E-state index contributed by atoms with van der Waals surface area (Å²) in [4.78, 5) is 0. The fraction of sp³-hybridized carbons (Fsp3) is 0.429. The van der Waals surface area contributed by atoms with E-state index >= 15 is 0 Å². The molecule has 2 rings (SSSR count). The number of sulfone groups is 1. The van der Waals surface area contributed by atoms with Crippen molar-refractivity contribution in [2.75, 3.05) is 11.5 Å². The Balaban J connectivity index is 1.98. The highest BCUT2D eigenvalue weighted by atomic mass is 32.2. The van der Waals surface area contributed by atoms with Crippen LogP contribution in [0.1, 0.15) is 31.6 Å². The molecule has 0 fully saturated rings. The second-order valence-electron chi connectivity index (χ2n) is 4.67. The first kappa shape index (κ1) is 14.1. The average Bonchev–Trinajstić information content (AvgIpc) is 2.82. The third-order valence-electron chi connectivity index (χ3n) is 3.22. The van der Waals surface area contributed by atoms with Crippen LogP contribution in [0.15, 0.2) is 34.7 Å². The summed E-state index contributed by atoms with van der Waals surface area (Å²) in [6.45, 7) is 1.66. The lowest BCUT2D eigenvalue weighted by Crippen LogP contribution is -2.13. The Hall–Kier alpha value is -1.33. The maximum Gasteiger partial charge on any atom is 0.150 e. The summed E-state index contributed by atoms with van der Waals surface area (Å²) >= 11 is 0. The lowest BCUT2D eigenvalue weighted by atomic mass is 10.1. The van der Waals surface area contributed by atoms with Gasteiger partial charge in [-0.15, -0.1) is 0 Å². The van der Waals surface area contributed by atoms with Crippen LogP contribution >= 0.6 is 0 Å². The van der Waals surface area contributed by atoms with Crippen molar-refractivity contribution in [3.63, 3.8) is 0 Å². The number of furan rings is 1. The molecule has 104 valence electrons. The highest BCUT2D eigenvalue weighted by Crippen LogP contribution is 2.24. The van der Waals surface area contributed by atoms with Crippen LogP contribution in [-0.4, -0.2) is 19.9 Å². The molecular weight excluding hydrogens is 262 g/mol. The monoisotopic (exact) mass is 281 g/mol. The van der Waals surface area contributed by atoms with Crippen molar-refractivity contribution >= 4 is 20.8 Å². The summed E-state index contributed by atoms with van der Waals surface area (Å²) in [6, 6.07) is 9.40. The Morgan fingerprint density at radius 3 is 2.74 bits per heavy atom. The number of benzene rings is 1. The van der Waals surface area contributed by atoms with Crippen LogP contribution in [0.4, 0.5) is 0 Å². The molecule has 2 N–H and O–H groups in total. The van der Waals surface area contributed by atoms with E-state index in [-0.39, 0.29) is 17.5 Å². The highest BCUT2D eigenvalue weighted by Gasteiger charge is 2.14. The molecule has 1 heterocycles. The maximum atomic E-state index is 11.4. The van der Waals surface area contributed by atoms with Gasteiger partial charge in [-0.25, -0.2) is 8.42 Å². The summed E-state index contributed by atoms with van der Waals surface area (Å²) in [5, 5.41) is 1.02. The Labute approximate surface area is 113 Å². The van der Waals surface area contributed by atoms with E-state index < -0.39 is 9.84 Å². The van der Waals surface area contributed by atoms with E-state index in [1.165, 1.54) is 0 Å². The van der Waals surface area contributed by atoms with Gasteiger partial charge in [-0.2, -0.15) is 0 Å². The highest BCUT2D eigenvalue weighted by molar-refractivity contribution is 7.91. The molecule has 5 heteroatoms. The number of nitrogens with two attached hydrogens (primary N) is 1. The van der Waals surface area contributed by atoms with E-state index in [0.717, 1.165) is 16.7 Å². The van der Waals surface area contributed by atoms with Gasteiger partial charge in [-0.1, -0.05) is 25.1 Å². The zero-order valence-electron chi connectivity index (χ0n) is 11.0. The van der Waals surface area contributed by atoms with Gasteiger partial charge in [0.05, 0.1) is 11.8 Å². The molecule has 19 heavy (non-hydrogen) atoms. The zero-order valence-corrected chi connectivity index (χ0v) is 11.8. The van der Waals surface area contributed by atoms with Crippen LogP contribution in [0.5, 0.6) is 0 Å². The molecule has 0 bridgehead atoms. The summed E-state index contributed by atoms with van der Waals surface area (Å²) in [5.74, 6) is 1.10. The first-order chi connectivity index (χ1) is 9.02. The lowest BCUT2D eigenvalue weighted by molar-refractivity contribution is 0.474. The van der Waals surface area contributed by atoms with Crippen LogP contribution < -0.4 is 5.73 Å². The Morgan fingerprint density at radius 1 is 1.32 bits per heavy atom. The van der Waals surface area contributed by atoms with Crippen LogP contribution in [0.3, 0.4) is 0 Å². The van der Waals surface area contributed by atoms with E-state index in [1.54, 1.807) is 6.92 Å². The first-order valence-electron chi connectivity index (χ1n) is 6.46. The molecule has 0 aliphatic heterocycles. The molecule has 0 radical (unpaired) electrons. The summed E-state index contributed by atoms with van der Waals surface area (Å²) in [7, 11) is -2.91. The minimum absolute atomic E-state index is 0.187. The Bertz CT molecular complexity index is 613. The normalized spacial score (nSPS) is 13.8. The molecular formula is C14H19NO3S. The van der Waals surface area contributed by atoms with Crippen molar-refractivity contribution in [3.8, 4) is 0 Å². The smallest absolute Gasteiger partial charge is 0.150 e. The van der Waals surface area contributed by atoms with E-state index in [9.17, 15) is 8.42 Å². The number of hydrogen-bond donors (Lipinski definition) is 1. The SMILES string of the molecule is CCS(=O)(=O)CCCC(N)c1cc2ccccc2o1. The van der Waals surface area contributed by atoms with Crippen molar-refractivity contribution in [1.82, 2.24) is 0 Å². The lowest BCUT2D eigenvalue weighted by Gasteiger charge is -2.08. The minimum atomic E-state index is -2.91. The van der Waals surface area contributed by atoms with Gasteiger partial charge in [-0.05, 0) is 25.0 Å². The van der Waals surface area contributed by atoms with Crippen LogP contribution in [-0.2, 0) is 9.84 Å². The second kappa shape index (κ2) is 5.75. The largest absolute Gasteiger partial charge is 0.459 e. The van der Waals surface area contributed by atoms with Crippen LogP contribution in [0.2, 0.25) is 0 Å². The van der Waals surface area contributed by atoms with Gasteiger partial charge in [0.2, 0.25) is 0 Å². The molecule has 2 aromatic rings. The summed E-state index contributed by atoms with van der Waals surface area (Å²) < 4.78 is 28.5. The number of rotatable bonds is 6. The van der Waals surface area contributed by atoms with Crippen molar-refractivity contribution in [3.05, 3.63) is 36.1 Å². The Morgan fingerprint density at radius 2 is 2.05 bits per heavy atom. The summed E-state index contributed by atoms with van der Waals surface area (Å²) in [5.41, 5.74) is 6.86. The number of hydrogen-bond acceptors (Lipinski definition) is 4. The van der Waals surface area contributed by atoms with E-state index in [0.29, 0.717) is 12.8 Å². The third-order valence-corrected chi connectivity index (χ3v) is 5.01. The molecule has 1 unspecified atom stereocenters. The predicted octanol–water partition coefficient (Wildman–Crippen LogP) is 2.65. The van der Waals surface area contributed by atoms with Gasteiger partial charge in [0.15, 0.2) is 0 Å². The van der Waals surface area contributed by atoms with Crippen LogP contribution in [0, 0.1) is 0 Å². The van der Waals surface area contributed by atoms with Gasteiger partial charge in [-0.3, -0.25) is 0 Å². The molecule has 0 saturated heterocycles. The second-order valence-corrected chi connectivity index (χ2v) is 7.14. The zero-order chi connectivity index (χ0) is 13.9. The van der Waals surface area contributed by atoms with Gasteiger partial charge in [0.25, 0.3) is 0 Å². The topological polar surface area (TPSA) is 73.3 Å². The molecule has 0 aliphatic rings. The van der Waals surface area contributed by atoms with E-state index in [4.69, 9.17) is 10.2 Å². The van der Waals surface area contributed by atoms with Crippen molar-refractivity contribution in [2.45, 2.75) is 25.8 Å². The average molecular weight is 281 g/mol. The van der Waals surface area contributed by atoms with Gasteiger partial charge in [0, 0.05) is 11.1 Å². The number of fused-ring (bicyclic) bond motifs is 1. The molecule has 4 nitrogen and oxygen atoms in total. The predicted molar refractivity (Wildman–Crippen MR) is 76.7 cm³/mol. The van der Waals surface area contributed by atoms with Crippen molar-refractivity contribution in [1.29, 1.82) is 0 Å². The van der Waals surface area contributed by atoms with E-state index in [1.807, 2.05) is 30.3 Å². The molecule has 0 spiro atoms. The van der Waals surface area contributed by atoms with Gasteiger partial charge >= 0.3 is 0 Å². The standard InChI is InChI=1S/C14H19NO3S/c1-2-19(16,17)9-5-7-12(15)14-10-11-6-3-4-8-13(11)18-14/h3-4,6,8,10,12H,2,5,7,9,15H2,1H3. The quantitative estimate of drug-likeness (QED) is 0.883. The van der Waals surface area contributed by atoms with Gasteiger partial charge in [0.1, 0.15) is 21.2 Å². The third kappa shape index (κ3) is 3.58. The van der Waals surface area contributed by atoms with E-state index in [2.05, 4.69) is 0 Å². The fourth-order valence-electron chi connectivity index (χ4n) is 1.99. The molecule has 1 atom stereocenters. The van der Waals surface area contributed by atoms with Gasteiger partial charge < -0.3 is 10.2 Å². The molecule has 0 saturated carbocycles. The summed E-state index contributed by atoms with van der Waals surface area (Å²) in [6.07, 6.45) is 1.17. The maximum absolute atomic E-state index is 11.4. The minimum Gasteiger partial charge on any atom is -0.459 e. The molecule has 0 amide bonds. The van der Waals surface area contributed by atoms with Crippen molar-refractivity contribution in [2.24, 2.45) is 5.73 Å². The van der Waals surface area contributed by atoms with Crippen LogP contribution in [0.25, 0.3) is 11.0 Å². The Kier molecular flexibility index (Phi) is 4.27. The molecule has 1 aromatic carbocycles. The van der Waals surface area contributed by atoms with Crippen molar-refractivity contribution < 1.29 is 12.8 Å². The fourth-order valence-corrected chi connectivity index (χ4v) is 2.89. The first-order valence-corrected chi connectivity index (χ1v) is 8.28. The molecule has 0 aliphatic carbocycles. The molecule has 1 aromatic heterocycles.